The fourth-order valence-electron chi connectivity index (χ4n) is 3.19. The van der Waals surface area contributed by atoms with E-state index in [0.29, 0.717) is 0 Å². The van der Waals surface area contributed by atoms with Crippen LogP contribution in [0.3, 0.4) is 0 Å². The Morgan fingerprint density at radius 2 is 2.19 bits per heavy atom. The lowest BCUT2D eigenvalue weighted by molar-refractivity contribution is -0.0251. The molecule has 0 amide bonds. The van der Waals surface area contributed by atoms with Crippen molar-refractivity contribution in [2.45, 2.75) is 44.1 Å². The van der Waals surface area contributed by atoms with Crippen LogP contribution in [0.2, 0.25) is 0 Å². The third-order valence-electron chi connectivity index (χ3n) is 4.30. The minimum Gasteiger partial charge on any atom is -0.385 e. The van der Waals surface area contributed by atoms with Gasteiger partial charge in [-0.15, -0.1) is 0 Å². The van der Waals surface area contributed by atoms with E-state index in [1.54, 1.807) is 4.68 Å². The molecule has 3 nitrogen and oxygen atoms in total. The van der Waals surface area contributed by atoms with Gasteiger partial charge in [-0.25, -0.2) is 0 Å². The van der Waals surface area contributed by atoms with Crippen molar-refractivity contribution in [3.05, 3.63) is 18.0 Å². The van der Waals surface area contributed by atoms with Crippen molar-refractivity contribution in [2.24, 2.45) is 18.9 Å². The highest BCUT2D eigenvalue weighted by molar-refractivity contribution is 5.16. The average Bonchev–Trinajstić information content (AvgIpc) is 3.01. The molecule has 3 rings (SSSR count). The minimum atomic E-state index is -0.597. The van der Waals surface area contributed by atoms with Gasteiger partial charge in [-0.2, -0.15) is 5.10 Å². The molecule has 0 bridgehead atoms. The summed E-state index contributed by atoms with van der Waals surface area (Å²) in [6, 6.07) is 0. The normalized spacial score (nSPS) is 35.2. The summed E-state index contributed by atoms with van der Waals surface area (Å²) in [6.45, 7) is 0. The van der Waals surface area contributed by atoms with Gasteiger partial charge in [0.25, 0.3) is 0 Å². The van der Waals surface area contributed by atoms with Crippen molar-refractivity contribution in [1.82, 2.24) is 9.78 Å². The highest BCUT2D eigenvalue weighted by Gasteiger charge is 2.42. The maximum Gasteiger partial charge on any atom is 0.0929 e. The van der Waals surface area contributed by atoms with Crippen LogP contribution in [0, 0.1) is 11.8 Å². The van der Waals surface area contributed by atoms with Gasteiger partial charge in [0.1, 0.15) is 0 Å². The number of rotatable bonds is 2. The van der Waals surface area contributed by atoms with Gasteiger partial charge in [-0.3, -0.25) is 4.68 Å². The van der Waals surface area contributed by atoms with E-state index in [-0.39, 0.29) is 0 Å². The van der Waals surface area contributed by atoms with Gasteiger partial charge in [-0.1, -0.05) is 0 Å². The molecule has 0 radical (unpaired) electrons. The highest BCUT2D eigenvalue weighted by atomic mass is 16.3. The predicted molar refractivity (Wildman–Crippen MR) is 61.8 cm³/mol. The van der Waals surface area contributed by atoms with E-state index in [0.717, 1.165) is 36.7 Å². The summed E-state index contributed by atoms with van der Waals surface area (Å²) >= 11 is 0. The van der Waals surface area contributed by atoms with Crippen molar-refractivity contribution >= 4 is 0 Å². The van der Waals surface area contributed by atoms with Gasteiger partial charge in [0, 0.05) is 18.8 Å². The zero-order valence-corrected chi connectivity index (χ0v) is 9.89. The van der Waals surface area contributed by atoms with Gasteiger partial charge < -0.3 is 5.11 Å². The molecule has 88 valence electrons. The van der Waals surface area contributed by atoms with E-state index in [4.69, 9.17) is 0 Å². The maximum atomic E-state index is 10.7. The van der Waals surface area contributed by atoms with E-state index in [2.05, 4.69) is 5.10 Å². The summed E-state index contributed by atoms with van der Waals surface area (Å²) in [5.74, 6) is 1.66. The summed E-state index contributed by atoms with van der Waals surface area (Å²) in [4.78, 5) is 0. The SMILES string of the molecule is Cn1cc(C2(O)CCCC(C3CC3)C2)cn1. The maximum absolute atomic E-state index is 10.7. The molecule has 0 saturated heterocycles. The molecular formula is C13H20N2O. The Kier molecular flexibility index (Phi) is 2.32. The Morgan fingerprint density at radius 1 is 1.38 bits per heavy atom. The third kappa shape index (κ3) is 1.77. The molecule has 1 heterocycles. The molecule has 1 aromatic heterocycles. The molecule has 3 heteroatoms. The van der Waals surface area contributed by atoms with E-state index in [1.165, 1.54) is 19.3 Å². The second-order valence-electron chi connectivity index (χ2n) is 5.63. The monoisotopic (exact) mass is 220 g/mol. The Balaban J connectivity index is 1.80. The molecule has 1 aromatic rings. The zero-order chi connectivity index (χ0) is 11.2. The first kappa shape index (κ1) is 10.3. The van der Waals surface area contributed by atoms with Gasteiger partial charge in [0.05, 0.1) is 11.8 Å². The van der Waals surface area contributed by atoms with Crippen LogP contribution in [0.4, 0.5) is 0 Å². The number of hydrogen-bond acceptors (Lipinski definition) is 2. The minimum absolute atomic E-state index is 0.597. The predicted octanol–water partition coefficient (Wildman–Crippen LogP) is 2.21. The van der Waals surface area contributed by atoms with Crippen LogP contribution in [-0.2, 0) is 12.6 Å². The van der Waals surface area contributed by atoms with Crippen LogP contribution in [0.1, 0.15) is 44.1 Å². The Morgan fingerprint density at radius 3 is 2.81 bits per heavy atom. The second kappa shape index (κ2) is 3.59. The number of aromatic nitrogens is 2. The van der Waals surface area contributed by atoms with E-state index in [1.807, 2.05) is 19.4 Å². The van der Waals surface area contributed by atoms with Crippen LogP contribution < -0.4 is 0 Å². The van der Waals surface area contributed by atoms with Gasteiger partial charge in [-0.05, 0) is 50.4 Å². The molecule has 0 aliphatic heterocycles. The number of aliphatic hydroxyl groups is 1. The standard InChI is InChI=1S/C13H20N2O/c1-15-9-12(8-14-15)13(16)6-2-3-11(7-13)10-4-5-10/h8-11,16H,2-7H2,1H3. The third-order valence-corrected chi connectivity index (χ3v) is 4.30. The first-order chi connectivity index (χ1) is 7.67. The molecule has 2 unspecified atom stereocenters. The lowest BCUT2D eigenvalue weighted by Crippen LogP contribution is -2.33. The van der Waals surface area contributed by atoms with Gasteiger partial charge in [0.15, 0.2) is 0 Å². The van der Waals surface area contributed by atoms with Crippen molar-refractivity contribution in [3.63, 3.8) is 0 Å². The summed E-state index contributed by atoms with van der Waals surface area (Å²) < 4.78 is 1.79. The van der Waals surface area contributed by atoms with Crippen molar-refractivity contribution in [3.8, 4) is 0 Å². The van der Waals surface area contributed by atoms with Crippen molar-refractivity contribution in [1.29, 1.82) is 0 Å². The molecule has 1 N–H and O–H groups in total. The van der Waals surface area contributed by atoms with E-state index >= 15 is 0 Å². The summed E-state index contributed by atoms with van der Waals surface area (Å²) in [5.41, 5.74) is 0.417. The number of hydrogen-bond donors (Lipinski definition) is 1. The van der Waals surface area contributed by atoms with Crippen LogP contribution in [0.15, 0.2) is 12.4 Å². The summed E-state index contributed by atoms with van der Waals surface area (Å²) in [5, 5.41) is 14.9. The molecular weight excluding hydrogens is 200 g/mol. The highest BCUT2D eigenvalue weighted by Crippen LogP contribution is 2.49. The Labute approximate surface area is 96.5 Å². The van der Waals surface area contributed by atoms with Crippen LogP contribution in [-0.4, -0.2) is 14.9 Å². The fourth-order valence-corrected chi connectivity index (χ4v) is 3.19. The zero-order valence-electron chi connectivity index (χ0n) is 9.89. The van der Waals surface area contributed by atoms with Crippen LogP contribution >= 0.6 is 0 Å². The molecule has 0 aromatic carbocycles. The average molecular weight is 220 g/mol. The van der Waals surface area contributed by atoms with Crippen LogP contribution in [0.5, 0.6) is 0 Å². The molecule has 2 saturated carbocycles. The van der Waals surface area contributed by atoms with E-state index < -0.39 is 5.60 Å². The lowest BCUT2D eigenvalue weighted by Gasteiger charge is -2.36. The number of nitrogens with zero attached hydrogens (tertiary/aromatic N) is 2. The van der Waals surface area contributed by atoms with Crippen molar-refractivity contribution in [2.75, 3.05) is 0 Å². The largest absolute Gasteiger partial charge is 0.385 e. The van der Waals surface area contributed by atoms with Gasteiger partial charge in [0.2, 0.25) is 0 Å². The Bertz CT molecular complexity index is 383. The fraction of sp³-hybridized carbons (Fsp3) is 0.769. The van der Waals surface area contributed by atoms with Crippen LogP contribution in [0.25, 0.3) is 0 Å². The smallest absolute Gasteiger partial charge is 0.0929 e. The molecule has 2 aliphatic rings. The van der Waals surface area contributed by atoms with Gasteiger partial charge >= 0.3 is 0 Å². The molecule has 0 spiro atoms. The summed E-state index contributed by atoms with van der Waals surface area (Å²) in [7, 11) is 1.91. The second-order valence-corrected chi connectivity index (χ2v) is 5.63. The number of aryl methyl sites for hydroxylation is 1. The molecule has 2 aliphatic carbocycles. The lowest BCUT2D eigenvalue weighted by atomic mass is 9.73. The molecule has 2 fully saturated rings. The first-order valence-electron chi connectivity index (χ1n) is 6.39. The van der Waals surface area contributed by atoms with E-state index in [9.17, 15) is 5.11 Å². The molecule has 2 atom stereocenters. The Hall–Kier alpha value is -0.830. The van der Waals surface area contributed by atoms with Crippen molar-refractivity contribution < 1.29 is 5.11 Å². The first-order valence-corrected chi connectivity index (χ1v) is 6.39. The summed E-state index contributed by atoms with van der Waals surface area (Å²) in [6.07, 6.45) is 10.9. The topological polar surface area (TPSA) is 38.0 Å². The quantitative estimate of drug-likeness (QED) is 0.829. The molecule has 16 heavy (non-hydrogen) atoms.